The van der Waals surface area contributed by atoms with Crippen molar-refractivity contribution in [3.05, 3.63) is 40.4 Å². The van der Waals surface area contributed by atoms with Gasteiger partial charge in [0.15, 0.2) is 0 Å². The number of rotatable bonds is 4. The fourth-order valence-electron chi connectivity index (χ4n) is 1.29. The summed E-state index contributed by atoms with van der Waals surface area (Å²) >= 11 is 3.45. The van der Waals surface area contributed by atoms with E-state index in [1.807, 2.05) is 12.1 Å². The Bertz CT molecular complexity index is 337. The molecule has 0 aliphatic heterocycles. The fraction of sp³-hybridized carbons (Fsp3) is 0.385. The molecule has 0 radical (unpaired) electrons. The largest absolute Gasteiger partial charge is 0.326 e. The predicted molar refractivity (Wildman–Crippen MR) is 70.7 cm³/mol. The first-order chi connectivity index (χ1) is 6.97. The van der Waals surface area contributed by atoms with Gasteiger partial charge in [-0.1, -0.05) is 40.2 Å². The van der Waals surface area contributed by atoms with Gasteiger partial charge in [-0.05, 0) is 44.4 Å². The minimum absolute atomic E-state index is 0.0678. The van der Waals surface area contributed by atoms with E-state index < -0.39 is 0 Å². The molecule has 0 atom stereocenters. The molecule has 0 amide bonds. The topological polar surface area (TPSA) is 26.0 Å². The van der Waals surface area contributed by atoms with Crippen LogP contribution < -0.4 is 5.73 Å². The Hall–Kier alpha value is -0.600. The Morgan fingerprint density at radius 3 is 2.73 bits per heavy atom. The lowest BCUT2D eigenvalue weighted by molar-refractivity contribution is 0.482. The van der Waals surface area contributed by atoms with Crippen molar-refractivity contribution in [2.45, 2.75) is 32.2 Å². The smallest absolute Gasteiger partial charge is 0.0181 e. The van der Waals surface area contributed by atoms with E-state index in [4.69, 9.17) is 5.73 Å². The highest BCUT2D eigenvalue weighted by atomic mass is 79.9. The summed E-state index contributed by atoms with van der Waals surface area (Å²) in [7, 11) is 0. The number of nitrogens with two attached hydrogens (primary N) is 1. The molecule has 0 spiro atoms. The summed E-state index contributed by atoms with van der Waals surface area (Å²) in [6, 6.07) is 8.26. The average Bonchev–Trinajstić information content (AvgIpc) is 2.11. The van der Waals surface area contributed by atoms with E-state index in [1.54, 1.807) is 0 Å². The van der Waals surface area contributed by atoms with E-state index in [1.165, 1.54) is 5.56 Å². The maximum Gasteiger partial charge on any atom is 0.0181 e. The summed E-state index contributed by atoms with van der Waals surface area (Å²) in [6.07, 6.45) is 6.35. The van der Waals surface area contributed by atoms with Crippen molar-refractivity contribution in [3.63, 3.8) is 0 Å². The molecule has 2 N–H and O–H groups in total. The normalized spacial score (nSPS) is 12.3. The highest BCUT2D eigenvalue weighted by molar-refractivity contribution is 9.10. The third kappa shape index (κ3) is 5.75. The average molecular weight is 268 g/mol. The number of hydrogen-bond donors (Lipinski definition) is 1. The lowest BCUT2D eigenvalue weighted by atomic mass is 10.00. The Morgan fingerprint density at radius 2 is 2.13 bits per heavy atom. The van der Waals surface area contributed by atoms with Crippen molar-refractivity contribution in [1.29, 1.82) is 0 Å². The van der Waals surface area contributed by atoms with Crippen molar-refractivity contribution < 1.29 is 0 Å². The van der Waals surface area contributed by atoms with Crippen LogP contribution in [0.2, 0.25) is 0 Å². The Kier molecular flexibility index (Phi) is 4.55. The van der Waals surface area contributed by atoms with Gasteiger partial charge in [-0.15, -0.1) is 0 Å². The molecule has 1 nitrogen and oxygen atoms in total. The molecule has 0 aliphatic rings. The Balaban J connectivity index is 2.45. The second kappa shape index (κ2) is 5.47. The van der Waals surface area contributed by atoms with Crippen LogP contribution in [0.3, 0.4) is 0 Å². The second-order valence-electron chi connectivity index (χ2n) is 4.48. The zero-order valence-corrected chi connectivity index (χ0v) is 10.9. The van der Waals surface area contributed by atoms with E-state index >= 15 is 0 Å². The third-order valence-electron chi connectivity index (χ3n) is 2.11. The van der Waals surface area contributed by atoms with Gasteiger partial charge in [0.1, 0.15) is 0 Å². The predicted octanol–water partition coefficient (Wildman–Crippen LogP) is 3.98. The lowest BCUT2D eigenvalue weighted by Gasteiger charge is -2.16. The summed E-state index contributed by atoms with van der Waals surface area (Å²) < 4.78 is 1.11. The van der Waals surface area contributed by atoms with Gasteiger partial charge in [0.05, 0.1) is 0 Å². The van der Waals surface area contributed by atoms with Crippen molar-refractivity contribution in [2.24, 2.45) is 5.73 Å². The van der Waals surface area contributed by atoms with Gasteiger partial charge >= 0.3 is 0 Å². The second-order valence-corrected chi connectivity index (χ2v) is 5.40. The zero-order valence-electron chi connectivity index (χ0n) is 9.33. The number of hydrogen-bond acceptors (Lipinski definition) is 1. The first kappa shape index (κ1) is 12.5. The molecular weight excluding hydrogens is 250 g/mol. The molecule has 0 bridgehead atoms. The van der Waals surface area contributed by atoms with Crippen LogP contribution >= 0.6 is 15.9 Å². The number of benzene rings is 1. The lowest BCUT2D eigenvalue weighted by Crippen LogP contribution is -2.31. The van der Waals surface area contributed by atoms with E-state index in [2.05, 4.69) is 54.1 Å². The SMILES string of the molecule is CC(C)(N)CC/C=C/c1cccc(Br)c1. The molecule has 15 heavy (non-hydrogen) atoms. The summed E-state index contributed by atoms with van der Waals surface area (Å²) in [5.41, 5.74) is 7.05. The van der Waals surface area contributed by atoms with Gasteiger partial charge in [0.25, 0.3) is 0 Å². The van der Waals surface area contributed by atoms with Crippen LogP contribution in [0.1, 0.15) is 32.3 Å². The molecule has 0 aromatic heterocycles. The van der Waals surface area contributed by atoms with E-state index in [0.717, 1.165) is 17.3 Å². The summed E-state index contributed by atoms with van der Waals surface area (Å²) in [6.45, 7) is 4.11. The van der Waals surface area contributed by atoms with Gasteiger partial charge in [0, 0.05) is 10.0 Å². The fourth-order valence-corrected chi connectivity index (χ4v) is 1.70. The highest BCUT2D eigenvalue weighted by Crippen LogP contribution is 2.14. The van der Waals surface area contributed by atoms with Gasteiger partial charge in [-0.25, -0.2) is 0 Å². The molecule has 1 aromatic rings. The number of halogens is 1. The summed E-state index contributed by atoms with van der Waals surface area (Å²) in [4.78, 5) is 0. The molecule has 2 heteroatoms. The Labute approximate surface area is 101 Å². The van der Waals surface area contributed by atoms with Crippen LogP contribution in [-0.2, 0) is 0 Å². The molecule has 1 rings (SSSR count). The standard InChI is InChI=1S/C13H18BrN/c1-13(2,15)9-4-3-6-11-7-5-8-12(14)10-11/h3,5-8,10H,4,9,15H2,1-2H3/b6-3+. The van der Waals surface area contributed by atoms with Crippen LogP contribution in [0, 0.1) is 0 Å². The zero-order chi connectivity index (χ0) is 11.3. The first-order valence-electron chi connectivity index (χ1n) is 5.18. The van der Waals surface area contributed by atoms with Crippen LogP contribution in [0.4, 0.5) is 0 Å². The minimum atomic E-state index is -0.0678. The van der Waals surface area contributed by atoms with Crippen LogP contribution in [0.25, 0.3) is 6.08 Å². The van der Waals surface area contributed by atoms with E-state index in [9.17, 15) is 0 Å². The quantitative estimate of drug-likeness (QED) is 0.878. The van der Waals surface area contributed by atoms with Crippen LogP contribution in [-0.4, -0.2) is 5.54 Å². The third-order valence-corrected chi connectivity index (χ3v) is 2.61. The first-order valence-corrected chi connectivity index (χ1v) is 5.98. The van der Waals surface area contributed by atoms with Crippen molar-refractivity contribution >= 4 is 22.0 Å². The molecule has 0 heterocycles. The Morgan fingerprint density at radius 1 is 1.40 bits per heavy atom. The van der Waals surface area contributed by atoms with Gasteiger partial charge in [-0.2, -0.15) is 0 Å². The molecule has 0 saturated heterocycles. The van der Waals surface area contributed by atoms with Crippen LogP contribution in [0.5, 0.6) is 0 Å². The molecule has 0 fully saturated rings. The molecule has 82 valence electrons. The minimum Gasteiger partial charge on any atom is -0.326 e. The summed E-state index contributed by atoms with van der Waals surface area (Å²) in [5, 5.41) is 0. The van der Waals surface area contributed by atoms with Crippen molar-refractivity contribution in [1.82, 2.24) is 0 Å². The maximum atomic E-state index is 5.90. The van der Waals surface area contributed by atoms with Gasteiger partial charge in [-0.3, -0.25) is 0 Å². The van der Waals surface area contributed by atoms with Crippen LogP contribution in [0.15, 0.2) is 34.8 Å². The van der Waals surface area contributed by atoms with Gasteiger partial charge < -0.3 is 5.73 Å². The van der Waals surface area contributed by atoms with Crippen molar-refractivity contribution in [2.75, 3.05) is 0 Å². The van der Waals surface area contributed by atoms with Gasteiger partial charge in [0.2, 0.25) is 0 Å². The summed E-state index contributed by atoms with van der Waals surface area (Å²) in [5.74, 6) is 0. The molecule has 1 aromatic carbocycles. The van der Waals surface area contributed by atoms with E-state index in [-0.39, 0.29) is 5.54 Å². The maximum absolute atomic E-state index is 5.90. The van der Waals surface area contributed by atoms with E-state index in [0.29, 0.717) is 0 Å². The number of allylic oxidation sites excluding steroid dienone is 1. The molecule has 0 saturated carbocycles. The van der Waals surface area contributed by atoms with Crippen molar-refractivity contribution in [3.8, 4) is 0 Å². The highest BCUT2D eigenvalue weighted by Gasteiger charge is 2.07. The molecular formula is C13H18BrN. The monoisotopic (exact) mass is 267 g/mol. The molecule has 0 aliphatic carbocycles. The molecule has 0 unspecified atom stereocenters.